The Morgan fingerprint density at radius 2 is 1.92 bits per heavy atom. The lowest BCUT2D eigenvalue weighted by molar-refractivity contribution is -0.115. The van der Waals surface area contributed by atoms with Gasteiger partial charge in [0.1, 0.15) is 10.4 Å². The third-order valence-electron chi connectivity index (χ3n) is 5.54. The highest BCUT2D eigenvalue weighted by Gasteiger charge is 2.23. The molecule has 2 amide bonds. The van der Waals surface area contributed by atoms with E-state index in [1.807, 2.05) is 31.2 Å². The number of fused-ring (bicyclic) bond motifs is 1. The molecule has 0 spiro atoms. The summed E-state index contributed by atoms with van der Waals surface area (Å²) in [5.41, 5.74) is 4.97. The van der Waals surface area contributed by atoms with Crippen LogP contribution in [0.3, 0.4) is 0 Å². The SMILES string of the molecule is CCc1ccc(NC(=O)[C@@H](CC)Sc2nc3ccsc3c(=O)n2NC(=O)c2cccc(OC)c2)cc1. The van der Waals surface area contributed by atoms with Crippen molar-refractivity contribution in [2.24, 2.45) is 0 Å². The van der Waals surface area contributed by atoms with Gasteiger partial charge in [-0.25, -0.2) is 4.98 Å². The van der Waals surface area contributed by atoms with Crippen LogP contribution in [0.25, 0.3) is 10.2 Å². The minimum absolute atomic E-state index is 0.211. The van der Waals surface area contributed by atoms with Gasteiger partial charge in [-0.1, -0.05) is 43.8 Å². The molecule has 2 aromatic heterocycles. The molecule has 0 aliphatic heterocycles. The molecule has 0 saturated heterocycles. The second-order valence-corrected chi connectivity index (χ2v) is 9.98. The molecular weight excluding hydrogens is 496 g/mol. The number of carbonyl (C=O) groups is 2. The number of nitrogens with one attached hydrogen (secondary N) is 2. The number of aromatic nitrogens is 2. The average Bonchev–Trinajstić information content (AvgIpc) is 3.38. The van der Waals surface area contributed by atoms with Crippen molar-refractivity contribution in [2.75, 3.05) is 17.9 Å². The predicted octanol–water partition coefficient (Wildman–Crippen LogP) is 4.92. The number of rotatable bonds is 9. The van der Waals surface area contributed by atoms with Gasteiger partial charge in [-0.15, -0.1) is 11.3 Å². The molecule has 0 bridgehead atoms. The highest BCUT2D eigenvalue weighted by atomic mass is 32.2. The third-order valence-corrected chi connectivity index (χ3v) is 7.74. The molecular formula is C26H26N4O4S2. The van der Waals surface area contributed by atoms with Crippen LogP contribution in [0, 0.1) is 0 Å². The first-order valence-corrected chi connectivity index (χ1v) is 13.2. The van der Waals surface area contributed by atoms with Crippen molar-refractivity contribution in [1.82, 2.24) is 9.66 Å². The number of anilines is 1. The van der Waals surface area contributed by atoms with Gasteiger partial charge in [-0.3, -0.25) is 19.8 Å². The largest absolute Gasteiger partial charge is 0.497 e. The molecule has 10 heteroatoms. The topological polar surface area (TPSA) is 102 Å². The van der Waals surface area contributed by atoms with Gasteiger partial charge >= 0.3 is 0 Å². The van der Waals surface area contributed by atoms with E-state index in [-0.39, 0.29) is 11.1 Å². The molecule has 4 aromatic rings. The fraction of sp³-hybridized carbons (Fsp3) is 0.231. The van der Waals surface area contributed by atoms with Crippen LogP contribution in [-0.2, 0) is 11.2 Å². The zero-order valence-corrected chi connectivity index (χ0v) is 21.7. The van der Waals surface area contributed by atoms with Crippen LogP contribution < -0.4 is 21.0 Å². The molecule has 0 aliphatic carbocycles. The van der Waals surface area contributed by atoms with E-state index in [0.29, 0.717) is 33.6 Å². The normalized spacial score (nSPS) is 11.8. The smallest absolute Gasteiger partial charge is 0.291 e. The molecule has 0 unspecified atom stereocenters. The first-order chi connectivity index (χ1) is 17.4. The molecule has 2 aromatic carbocycles. The quantitative estimate of drug-likeness (QED) is 0.239. The first-order valence-electron chi connectivity index (χ1n) is 11.5. The maximum atomic E-state index is 13.3. The Kier molecular flexibility index (Phi) is 8.07. The summed E-state index contributed by atoms with van der Waals surface area (Å²) in [5.74, 6) is -0.188. The number of nitrogens with zero attached hydrogens (tertiary/aromatic N) is 2. The van der Waals surface area contributed by atoms with Crippen LogP contribution in [0.5, 0.6) is 5.75 Å². The highest BCUT2D eigenvalue weighted by molar-refractivity contribution is 8.00. The number of hydrogen-bond donors (Lipinski definition) is 2. The Bertz CT molecular complexity index is 1450. The number of aryl methyl sites for hydroxylation is 1. The number of hydrogen-bond acceptors (Lipinski definition) is 7. The van der Waals surface area contributed by atoms with E-state index in [1.165, 1.54) is 24.0 Å². The standard InChI is InChI=1S/C26H26N4O4S2/c1-4-16-9-11-18(12-10-16)27-24(32)21(5-2)36-26-28-20-13-14-35-22(20)25(33)30(26)29-23(31)17-7-6-8-19(15-17)34-3/h6-15,21H,4-5H2,1-3H3,(H,27,32)(H,29,31)/t21-/m1/s1. The molecule has 0 aliphatic rings. The van der Waals surface area contributed by atoms with Gasteiger partial charge in [-0.2, -0.15) is 4.68 Å². The Balaban J connectivity index is 1.62. The summed E-state index contributed by atoms with van der Waals surface area (Å²) in [5, 5.41) is 4.39. The van der Waals surface area contributed by atoms with Crippen LogP contribution in [-0.4, -0.2) is 33.8 Å². The summed E-state index contributed by atoms with van der Waals surface area (Å²) in [7, 11) is 1.51. The Hall–Kier alpha value is -3.63. The molecule has 0 radical (unpaired) electrons. The van der Waals surface area contributed by atoms with Crippen LogP contribution in [0.1, 0.15) is 36.2 Å². The van der Waals surface area contributed by atoms with Gasteiger partial charge in [-0.05, 0) is 60.2 Å². The van der Waals surface area contributed by atoms with Crippen molar-refractivity contribution in [2.45, 2.75) is 37.1 Å². The molecule has 1 atom stereocenters. The molecule has 2 heterocycles. The van der Waals surface area contributed by atoms with Gasteiger partial charge < -0.3 is 10.1 Å². The first kappa shape index (κ1) is 25.5. The van der Waals surface area contributed by atoms with E-state index in [9.17, 15) is 14.4 Å². The van der Waals surface area contributed by atoms with Gasteiger partial charge in [0.05, 0.1) is 17.9 Å². The number of thiophene rings is 1. The number of methoxy groups -OCH3 is 1. The van der Waals surface area contributed by atoms with E-state index in [4.69, 9.17) is 4.74 Å². The molecule has 186 valence electrons. The monoisotopic (exact) mass is 522 g/mol. The Morgan fingerprint density at radius 3 is 2.61 bits per heavy atom. The van der Waals surface area contributed by atoms with Crippen molar-refractivity contribution in [3.8, 4) is 5.75 Å². The Labute approximate surface area is 216 Å². The summed E-state index contributed by atoms with van der Waals surface area (Å²) >= 11 is 2.38. The molecule has 2 N–H and O–H groups in total. The minimum Gasteiger partial charge on any atom is -0.497 e. The summed E-state index contributed by atoms with van der Waals surface area (Å²) in [6.07, 6.45) is 1.41. The van der Waals surface area contributed by atoms with E-state index in [2.05, 4.69) is 22.7 Å². The van der Waals surface area contributed by atoms with Crippen molar-refractivity contribution >= 4 is 50.8 Å². The summed E-state index contributed by atoms with van der Waals surface area (Å²) in [6.45, 7) is 3.96. The number of carbonyl (C=O) groups excluding carboxylic acids is 2. The highest BCUT2D eigenvalue weighted by Crippen LogP contribution is 2.27. The van der Waals surface area contributed by atoms with Crippen molar-refractivity contribution in [1.29, 1.82) is 0 Å². The van der Waals surface area contributed by atoms with Crippen molar-refractivity contribution in [3.63, 3.8) is 0 Å². The zero-order valence-electron chi connectivity index (χ0n) is 20.1. The maximum absolute atomic E-state index is 13.3. The number of ether oxygens (including phenoxy) is 1. The molecule has 36 heavy (non-hydrogen) atoms. The molecule has 0 fully saturated rings. The van der Waals surface area contributed by atoms with Crippen molar-refractivity contribution < 1.29 is 14.3 Å². The fourth-order valence-corrected chi connectivity index (χ4v) is 5.23. The third kappa shape index (κ3) is 5.60. The van der Waals surface area contributed by atoms with Gasteiger partial charge in [0.15, 0.2) is 5.16 Å². The molecule has 4 rings (SSSR count). The molecule has 0 saturated carbocycles. The second kappa shape index (κ2) is 11.4. The number of thioether (sulfide) groups is 1. The number of benzene rings is 2. The van der Waals surface area contributed by atoms with Crippen LogP contribution >= 0.6 is 23.1 Å². The lowest BCUT2D eigenvalue weighted by atomic mass is 10.1. The van der Waals surface area contributed by atoms with E-state index in [0.717, 1.165) is 22.9 Å². The van der Waals surface area contributed by atoms with Gasteiger partial charge in [0.2, 0.25) is 5.91 Å². The summed E-state index contributed by atoms with van der Waals surface area (Å²) in [6, 6.07) is 16.1. The zero-order chi connectivity index (χ0) is 25.7. The molecule has 8 nitrogen and oxygen atoms in total. The van der Waals surface area contributed by atoms with Crippen molar-refractivity contribution in [3.05, 3.63) is 81.5 Å². The van der Waals surface area contributed by atoms with Crippen LogP contribution in [0.2, 0.25) is 0 Å². The van der Waals surface area contributed by atoms with Gasteiger partial charge in [0, 0.05) is 11.3 Å². The van der Waals surface area contributed by atoms with E-state index >= 15 is 0 Å². The van der Waals surface area contributed by atoms with Crippen LogP contribution in [0.4, 0.5) is 5.69 Å². The van der Waals surface area contributed by atoms with Crippen LogP contribution in [0.15, 0.2) is 69.9 Å². The maximum Gasteiger partial charge on any atom is 0.291 e. The average molecular weight is 523 g/mol. The number of amides is 2. The second-order valence-electron chi connectivity index (χ2n) is 7.90. The lowest BCUT2D eigenvalue weighted by Gasteiger charge is -2.18. The van der Waals surface area contributed by atoms with Gasteiger partial charge in [0.25, 0.3) is 11.5 Å². The Morgan fingerprint density at radius 1 is 1.14 bits per heavy atom. The summed E-state index contributed by atoms with van der Waals surface area (Å²) in [4.78, 5) is 43.9. The van der Waals surface area contributed by atoms with E-state index < -0.39 is 16.7 Å². The fourth-order valence-electron chi connectivity index (χ4n) is 3.50. The minimum atomic E-state index is -0.543. The predicted molar refractivity (Wildman–Crippen MR) is 145 cm³/mol. The summed E-state index contributed by atoms with van der Waals surface area (Å²) < 4.78 is 6.74. The lowest BCUT2D eigenvalue weighted by Crippen LogP contribution is -2.35. The van der Waals surface area contributed by atoms with E-state index in [1.54, 1.807) is 35.7 Å².